The van der Waals surface area contributed by atoms with Crippen LogP contribution in [-0.2, 0) is 17.7 Å². The molecule has 1 N–H and O–H groups in total. The highest BCUT2D eigenvalue weighted by Crippen LogP contribution is 2.16. The second kappa shape index (κ2) is 5.67. The van der Waals surface area contributed by atoms with Crippen LogP contribution in [0.5, 0.6) is 0 Å². The van der Waals surface area contributed by atoms with Gasteiger partial charge in [0.25, 0.3) is 0 Å². The normalized spacial score (nSPS) is 13.4. The Hall–Kier alpha value is -1.18. The van der Waals surface area contributed by atoms with Crippen LogP contribution in [0.2, 0.25) is 0 Å². The van der Waals surface area contributed by atoms with Gasteiger partial charge in [-0.2, -0.15) is 0 Å². The molecule has 0 aromatic heterocycles. The first-order valence-corrected chi connectivity index (χ1v) is 7.42. The number of carbonyl (C=O) groups excluding carboxylic acids is 1. The number of hydrogen-bond acceptors (Lipinski definition) is 3. The Balaban J connectivity index is 1.84. The van der Waals surface area contributed by atoms with E-state index in [0.29, 0.717) is 13.0 Å². The Kier molecular flexibility index (Phi) is 3.91. The summed E-state index contributed by atoms with van der Waals surface area (Å²) >= 11 is 2.17. The third-order valence-electron chi connectivity index (χ3n) is 3.41. The fraction of sp³-hybridized carbons (Fsp3) is 0.133. The number of hydrogen-bond donors (Lipinski definition) is 1. The summed E-state index contributed by atoms with van der Waals surface area (Å²) in [7, 11) is -0.864. The third kappa shape index (κ3) is 2.66. The predicted molar refractivity (Wildman–Crippen MR) is 86.0 cm³/mol. The molecule has 5 heteroatoms. The molecule has 0 aliphatic carbocycles. The van der Waals surface area contributed by atoms with Crippen molar-refractivity contribution in [3.63, 3.8) is 0 Å². The van der Waals surface area contributed by atoms with E-state index in [-0.39, 0.29) is 5.78 Å². The molecule has 0 spiro atoms. The van der Waals surface area contributed by atoms with Gasteiger partial charge in [-0.05, 0) is 45.2 Å². The number of fused-ring (bicyclic) bond motifs is 1. The van der Waals surface area contributed by atoms with Gasteiger partial charge >= 0.3 is 7.12 Å². The molecule has 2 aromatic carbocycles. The highest BCUT2D eigenvalue weighted by atomic mass is 127. The molecule has 3 nitrogen and oxygen atoms in total. The maximum absolute atomic E-state index is 12.3. The van der Waals surface area contributed by atoms with Gasteiger partial charge in [-0.1, -0.05) is 36.4 Å². The van der Waals surface area contributed by atoms with E-state index in [1.165, 1.54) is 0 Å². The number of halogens is 1. The van der Waals surface area contributed by atoms with Crippen molar-refractivity contribution in [1.29, 1.82) is 0 Å². The van der Waals surface area contributed by atoms with Gasteiger partial charge in [0, 0.05) is 15.6 Å². The van der Waals surface area contributed by atoms with E-state index in [2.05, 4.69) is 22.6 Å². The van der Waals surface area contributed by atoms with Crippen LogP contribution >= 0.6 is 22.6 Å². The Labute approximate surface area is 131 Å². The van der Waals surface area contributed by atoms with Crippen LogP contribution in [0.15, 0.2) is 42.5 Å². The van der Waals surface area contributed by atoms with Crippen molar-refractivity contribution in [3.8, 4) is 0 Å². The van der Waals surface area contributed by atoms with Gasteiger partial charge in [0.05, 0.1) is 6.61 Å². The maximum Gasteiger partial charge on any atom is 0.491 e. The second-order valence-corrected chi connectivity index (χ2v) is 5.94. The number of benzene rings is 2. The van der Waals surface area contributed by atoms with Crippen molar-refractivity contribution >= 4 is 41.0 Å². The summed E-state index contributed by atoms with van der Waals surface area (Å²) in [5.41, 5.74) is 3.41. The van der Waals surface area contributed by atoms with Crippen LogP contribution in [0.1, 0.15) is 21.5 Å². The summed E-state index contributed by atoms with van der Waals surface area (Å²) < 4.78 is 6.11. The van der Waals surface area contributed by atoms with Gasteiger partial charge < -0.3 is 9.68 Å². The van der Waals surface area contributed by atoms with Crippen LogP contribution in [0.4, 0.5) is 0 Å². The zero-order valence-electron chi connectivity index (χ0n) is 10.7. The lowest BCUT2D eigenvalue weighted by atomic mass is 9.78. The van der Waals surface area contributed by atoms with Crippen molar-refractivity contribution in [2.45, 2.75) is 13.0 Å². The number of ketones is 1. The van der Waals surface area contributed by atoms with Crippen LogP contribution < -0.4 is 5.46 Å². The molecule has 0 bridgehead atoms. The highest BCUT2D eigenvalue weighted by molar-refractivity contribution is 14.1. The molecule has 1 aliphatic heterocycles. The van der Waals surface area contributed by atoms with Gasteiger partial charge in [-0.25, -0.2) is 0 Å². The smallest absolute Gasteiger partial charge is 0.423 e. The minimum absolute atomic E-state index is 0.0864. The van der Waals surface area contributed by atoms with Crippen molar-refractivity contribution in [2.75, 3.05) is 0 Å². The van der Waals surface area contributed by atoms with Gasteiger partial charge in [0.1, 0.15) is 0 Å². The van der Waals surface area contributed by atoms with Crippen molar-refractivity contribution in [2.24, 2.45) is 0 Å². The van der Waals surface area contributed by atoms with E-state index in [9.17, 15) is 9.82 Å². The molecular formula is C15H12BIO3. The second-order valence-electron chi connectivity index (χ2n) is 4.78. The molecule has 0 amide bonds. The summed E-state index contributed by atoms with van der Waals surface area (Å²) in [5, 5.41) is 9.69. The van der Waals surface area contributed by atoms with Crippen LogP contribution in [-0.4, -0.2) is 17.9 Å². The first kappa shape index (κ1) is 13.8. The summed E-state index contributed by atoms with van der Waals surface area (Å²) in [6.07, 6.45) is 0.333. The predicted octanol–water partition coefficient (Wildman–Crippen LogP) is 1.93. The average molecular weight is 378 g/mol. The summed E-state index contributed by atoms with van der Waals surface area (Å²) in [6.45, 7) is 0.432. The van der Waals surface area contributed by atoms with E-state index in [1.807, 2.05) is 42.5 Å². The average Bonchev–Trinajstić information content (AvgIpc) is 2.81. The Morgan fingerprint density at radius 2 is 2.10 bits per heavy atom. The maximum atomic E-state index is 12.3. The van der Waals surface area contributed by atoms with Gasteiger partial charge in [-0.15, -0.1) is 0 Å². The topological polar surface area (TPSA) is 46.5 Å². The van der Waals surface area contributed by atoms with E-state index in [1.54, 1.807) is 0 Å². The zero-order chi connectivity index (χ0) is 14.1. The first-order valence-electron chi connectivity index (χ1n) is 6.34. The molecule has 0 atom stereocenters. The van der Waals surface area contributed by atoms with Crippen LogP contribution in [0, 0.1) is 3.57 Å². The monoisotopic (exact) mass is 378 g/mol. The standard InChI is InChI=1S/C15H12BIO3/c17-14-4-2-1-3-12(14)15(18)8-10-5-6-11-9-20-16(19)13(11)7-10/h1-7,19H,8-9H2. The quantitative estimate of drug-likeness (QED) is 0.505. The Morgan fingerprint density at radius 3 is 2.90 bits per heavy atom. The van der Waals surface area contributed by atoms with Gasteiger partial charge in [0.2, 0.25) is 0 Å². The highest BCUT2D eigenvalue weighted by Gasteiger charge is 2.27. The molecule has 3 rings (SSSR count). The molecule has 0 saturated heterocycles. The SMILES string of the molecule is O=C(Cc1ccc2c(c1)B(O)OC2)c1ccccc1I. The summed E-state index contributed by atoms with van der Waals surface area (Å²) in [4.78, 5) is 12.3. The van der Waals surface area contributed by atoms with Crippen LogP contribution in [0.25, 0.3) is 0 Å². The summed E-state index contributed by atoms with van der Waals surface area (Å²) in [5.74, 6) is 0.0864. The fourth-order valence-electron chi connectivity index (χ4n) is 2.34. The van der Waals surface area contributed by atoms with Gasteiger partial charge in [0.15, 0.2) is 5.78 Å². The van der Waals surface area contributed by atoms with E-state index in [4.69, 9.17) is 4.65 Å². The first-order chi connectivity index (χ1) is 9.65. The molecule has 0 unspecified atom stereocenters. The molecule has 0 radical (unpaired) electrons. The molecule has 0 fully saturated rings. The Morgan fingerprint density at radius 1 is 1.30 bits per heavy atom. The molecule has 100 valence electrons. The van der Waals surface area contributed by atoms with Crippen molar-refractivity contribution in [3.05, 3.63) is 62.7 Å². The van der Waals surface area contributed by atoms with Crippen LogP contribution in [0.3, 0.4) is 0 Å². The van der Waals surface area contributed by atoms with E-state index >= 15 is 0 Å². The summed E-state index contributed by atoms with van der Waals surface area (Å²) in [6, 6.07) is 13.3. The molecule has 2 aromatic rings. The van der Waals surface area contributed by atoms with Crippen molar-refractivity contribution in [1.82, 2.24) is 0 Å². The Bertz CT molecular complexity index is 672. The lowest BCUT2D eigenvalue weighted by molar-refractivity contribution is 0.0992. The van der Waals surface area contributed by atoms with Gasteiger partial charge in [-0.3, -0.25) is 4.79 Å². The number of rotatable bonds is 3. The van der Waals surface area contributed by atoms with E-state index in [0.717, 1.165) is 25.7 Å². The van der Waals surface area contributed by atoms with E-state index < -0.39 is 7.12 Å². The molecular weight excluding hydrogens is 366 g/mol. The fourth-order valence-corrected chi connectivity index (χ4v) is 3.03. The zero-order valence-corrected chi connectivity index (χ0v) is 12.8. The molecule has 0 saturated carbocycles. The number of carbonyl (C=O) groups is 1. The largest absolute Gasteiger partial charge is 0.491 e. The molecule has 1 aliphatic rings. The third-order valence-corrected chi connectivity index (χ3v) is 4.35. The van der Waals surface area contributed by atoms with Crippen molar-refractivity contribution < 1.29 is 14.5 Å². The lowest BCUT2D eigenvalue weighted by Crippen LogP contribution is -2.28. The number of Topliss-reactive ketones (excluding diaryl/α,β-unsaturated/α-hetero) is 1. The molecule has 20 heavy (non-hydrogen) atoms. The minimum Gasteiger partial charge on any atom is -0.423 e. The molecule has 1 heterocycles. The lowest BCUT2D eigenvalue weighted by Gasteiger charge is -2.06. The minimum atomic E-state index is -0.864.